The summed E-state index contributed by atoms with van der Waals surface area (Å²) in [6.45, 7) is 2.20. The summed E-state index contributed by atoms with van der Waals surface area (Å²) in [6, 6.07) is 5.14. The van der Waals surface area contributed by atoms with E-state index in [-0.39, 0.29) is 5.56 Å². The third-order valence-electron chi connectivity index (χ3n) is 2.69. The molecule has 0 aliphatic rings. The molecule has 100 valence electrons. The Bertz CT molecular complexity index is 637. The summed E-state index contributed by atoms with van der Waals surface area (Å²) >= 11 is 0. The lowest BCUT2D eigenvalue weighted by atomic mass is 10.3. The molecule has 0 saturated carbocycles. The summed E-state index contributed by atoms with van der Waals surface area (Å²) in [5.41, 5.74) is 2.10. The molecule has 0 unspecified atom stereocenters. The first kappa shape index (κ1) is 13.1. The smallest absolute Gasteiger partial charge is 0.269 e. The maximum atomic E-state index is 11.8. The van der Waals surface area contributed by atoms with E-state index in [1.807, 2.05) is 13.0 Å². The van der Waals surface area contributed by atoms with E-state index >= 15 is 0 Å². The summed E-state index contributed by atoms with van der Waals surface area (Å²) in [4.78, 5) is 16.2. The van der Waals surface area contributed by atoms with Crippen molar-refractivity contribution in [3.63, 3.8) is 0 Å². The Balaban J connectivity index is 2.31. The topological polar surface area (TPSA) is 69.0 Å². The van der Waals surface area contributed by atoms with Gasteiger partial charge in [-0.3, -0.25) is 9.78 Å². The van der Waals surface area contributed by atoms with Gasteiger partial charge in [0.05, 0.1) is 31.2 Å². The van der Waals surface area contributed by atoms with Crippen molar-refractivity contribution in [3.05, 3.63) is 46.1 Å². The number of nitrogens with zero attached hydrogens (tertiary/aromatic N) is 3. The summed E-state index contributed by atoms with van der Waals surface area (Å²) in [7, 11) is 3.35. The molecule has 0 amide bonds. The van der Waals surface area contributed by atoms with Gasteiger partial charge in [0.1, 0.15) is 5.75 Å². The zero-order chi connectivity index (χ0) is 13.8. The number of hydrogen-bond donors (Lipinski definition) is 1. The number of rotatable bonds is 4. The highest BCUT2D eigenvalue weighted by molar-refractivity contribution is 5.37. The van der Waals surface area contributed by atoms with Crippen LogP contribution in [-0.4, -0.2) is 28.9 Å². The molecule has 2 aromatic rings. The molecule has 6 nitrogen and oxygen atoms in total. The molecule has 1 N–H and O–H groups in total. The second kappa shape index (κ2) is 5.51. The molecular weight excluding hydrogens is 244 g/mol. The molecule has 0 aliphatic carbocycles. The fourth-order valence-electron chi connectivity index (χ4n) is 1.74. The Morgan fingerprint density at radius 2 is 2.16 bits per heavy atom. The zero-order valence-electron chi connectivity index (χ0n) is 11.2. The van der Waals surface area contributed by atoms with Crippen molar-refractivity contribution in [1.29, 1.82) is 0 Å². The Hall–Kier alpha value is -2.37. The lowest BCUT2D eigenvalue weighted by Crippen LogP contribution is -2.23. The summed E-state index contributed by atoms with van der Waals surface area (Å²) in [5, 5.41) is 6.97. The number of aromatic nitrogens is 3. The van der Waals surface area contributed by atoms with Gasteiger partial charge in [-0.05, 0) is 6.92 Å². The third kappa shape index (κ3) is 3.09. The first-order valence-corrected chi connectivity index (χ1v) is 5.89. The average Bonchev–Trinajstić information content (AvgIpc) is 2.40. The molecule has 0 aliphatic heterocycles. The molecule has 0 aromatic carbocycles. The number of anilines is 1. The van der Waals surface area contributed by atoms with Gasteiger partial charge in [-0.25, -0.2) is 4.68 Å². The van der Waals surface area contributed by atoms with Crippen LogP contribution < -0.4 is 15.6 Å². The number of ether oxygens (including phenoxy) is 1. The average molecular weight is 260 g/mol. The van der Waals surface area contributed by atoms with Gasteiger partial charge in [-0.1, -0.05) is 0 Å². The van der Waals surface area contributed by atoms with Crippen LogP contribution in [0.15, 0.2) is 29.2 Å². The zero-order valence-corrected chi connectivity index (χ0v) is 11.2. The molecule has 0 bridgehead atoms. The SMILES string of the molecule is CNc1cnn(Cc2cc(OC)cc(C)n2)c(=O)c1. The van der Waals surface area contributed by atoms with Gasteiger partial charge in [-0.15, -0.1) is 0 Å². The van der Waals surface area contributed by atoms with E-state index in [0.717, 1.165) is 17.1 Å². The number of hydrogen-bond acceptors (Lipinski definition) is 5. The third-order valence-corrected chi connectivity index (χ3v) is 2.69. The van der Waals surface area contributed by atoms with Crippen molar-refractivity contribution in [2.75, 3.05) is 19.5 Å². The van der Waals surface area contributed by atoms with Crippen LogP contribution in [0.1, 0.15) is 11.4 Å². The van der Waals surface area contributed by atoms with E-state index in [9.17, 15) is 4.79 Å². The van der Waals surface area contributed by atoms with E-state index in [2.05, 4.69) is 15.4 Å². The van der Waals surface area contributed by atoms with E-state index in [4.69, 9.17) is 4.74 Å². The monoisotopic (exact) mass is 260 g/mol. The van der Waals surface area contributed by atoms with Gasteiger partial charge >= 0.3 is 0 Å². The molecule has 0 radical (unpaired) electrons. The van der Waals surface area contributed by atoms with Crippen LogP contribution in [0.2, 0.25) is 0 Å². The van der Waals surface area contributed by atoms with E-state index in [0.29, 0.717) is 12.2 Å². The van der Waals surface area contributed by atoms with Crippen molar-refractivity contribution >= 4 is 5.69 Å². The van der Waals surface area contributed by atoms with Gasteiger partial charge in [0, 0.05) is 30.9 Å². The van der Waals surface area contributed by atoms with Crippen LogP contribution in [0.25, 0.3) is 0 Å². The van der Waals surface area contributed by atoms with Crippen molar-refractivity contribution in [3.8, 4) is 5.75 Å². The molecule has 0 atom stereocenters. The molecule has 0 spiro atoms. The largest absolute Gasteiger partial charge is 0.497 e. The maximum Gasteiger partial charge on any atom is 0.269 e. The number of pyridine rings is 1. The van der Waals surface area contributed by atoms with E-state index in [1.165, 1.54) is 10.7 Å². The second-order valence-corrected chi connectivity index (χ2v) is 4.13. The fourth-order valence-corrected chi connectivity index (χ4v) is 1.74. The van der Waals surface area contributed by atoms with Gasteiger partial charge < -0.3 is 10.1 Å². The quantitative estimate of drug-likeness (QED) is 0.889. The first-order chi connectivity index (χ1) is 9.12. The minimum absolute atomic E-state index is 0.172. The predicted molar refractivity (Wildman–Crippen MR) is 72.7 cm³/mol. The summed E-state index contributed by atoms with van der Waals surface area (Å²) in [5.74, 6) is 0.724. The summed E-state index contributed by atoms with van der Waals surface area (Å²) in [6.07, 6.45) is 1.61. The highest BCUT2D eigenvalue weighted by Gasteiger charge is 2.04. The Morgan fingerprint density at radius 1 is 1.37 bits per heavy atom. The van der Waals surface area contributed by atoms with Crippen LogP contribution in [-0.2, 0) is 6.54 Å². The fraction of sp³-hybridized carbons (Fsp3) is 0.308. The van der Waals surface area contributed by atoms with Crippen LogP contribution in [0.4, 0.5) is 5.69 Å². The van der Waals surface area contributed by atoms with Gasteiger partial charge in [-0.2, -0.15) is 5.10 Å². The van der Waals surface area contributed by atoms with Crippen molar-refractivity contribution < 1.29 is 4.74 Å². The van der Waals surface area contributed by atoms with Crippen LogP contribution >= 0.6 is 0 Å². The Labute approximate surface area is 111 Å². The highest BCUT2D eigenvalue weighted by atomic mass is 16.5. The molecular formula is C13H16N4O2. The minimum Gasteiger partial charge on any atom is -0.497 e. The Kier molecular flexibility index (Phi) is 3.79. The lowest BCUT2D eigenvalue weighted by molar-refractivity contribution is 0.412. The highest BCUT2D eigenvalue weighted by Crippen LogP contribution is 2.13. The van der Waals surface area contributed by atoms with Crippen molar-refractivity contribution in [2.45, 2.75) is 13.5 Å². The number of aryl methyl sites for hydroxylation is 1. The van der Waals surface area contributed by atoms with Crippen molar-refractivity contribution in [2.24, 2.45) is 0 Å². The molecule has 2 rings (SSSR count). The van der Waals surface area contributed by atoms with Crippen LogP contribution in [0.3, 0.4) is 0 Å². The van der Waals surface area contributed by atoms with Gasteiger partial charge in [0.15, 0.2) is 0 Å². The minimum atomic E-state index is -0.172. The predicted octanol–water partition coefficient (Wildman–Crippen LogP) is 1.05. The summed E-state index contributed by atoms with van der Waals surface area (Å²) < 4.78 is 6.55. The molecule has 2 aromatic heterocycles. The molecule has 2 heterocycles. The van der Waals surface area contributed by atoms with Gasteiger partial charge in [0.2, 0.25) is 0 Å². The standard InChI is InChI=1S/C13H16N4O2/c1-9-4-12(19-3)5-11(16-9)8-17-13(18)6-10(14-2)7-15-17/h4-7,14H,8H2,1-3H3. The van der Waals surface area contributed by atoms with E-state index in [1.54, 1.807) is 26.4 Å². The first-order valence-electron chi connectivity index (χ1n) is 5.89. The van der Waals surface area contributed by atoms with Crippen molar-refractivity contribution in [1.82, 2.24) is 14.8 Å². The molecule has 19 heavy (non-hydrogen) atoms. The number of nitrogens with one attached hydrogen (secondary N) is 1. The van der Waals surface area contributed by atoms with Gasteiger partial charge in [0.25, 0.3) is 5.56 Å². The van der Waals surface area contributed by atoms with E-state index < -0.39 is 0 Å². The second-order valence-electron chi connectivity index (χ2n) is 4.13. The molecule has 0 fully saturated rings. The molecule has 0 saturated heterocycles. The van der Waals surface area contributed by atoms with Crippen LogP contribution in [0, 0.1) is 6.92 Å². The maximum absolute atomic E-state index is 11.8. The lowest BCUT2D eigenvalue weighted by Gasteiger charge is -2.08. The van der Waals surface area contributed by atoms with Crippen LogP contribution in [0.5, 0.6) is 5.75 Å². The molecule has 6 heteroatoms. The number of methoxy groups -OCH3 is 1. The Morgan fingerprint density at radius 3 is 2.79 bits per heavy atom. The normalized spacial score (nSPS) is 10.3.